The summed E-state index contributed by atoms with van der Waals surface area (Å²) < 4.78 is 11.8. The number of hydrogen-bond acceptors (Lipinski definition) is 9. The zero-order valence-corrected chi connectivity index (χ0v) is 23.7. The van der Waals surface area contributed by atoms with E-state index in [1.54, 1.807) is 13.0 Å². The molecule has 1 aliphatic carbocycles. The highest BCUT2D eigenvalue weighted by molar-refractivity contribution is 7.11. The lowest BCUT2D eigenvalue weighted by atomic mass is 9.98. The summed E-state index contributed by atoms with van der Waals surface area (Å²) >= 11 is 1.48. The van der Waals surface area contributed by atoms with Crippen molar-refractivity contribution < 1.29 is 14.3 Å². The number of aryl methyl sites for hydroxylation is 2. The second-order valence-corrected chi connectivity index (χ2v) is 12.7. The minimum Gasteiger partial charge on any atom is -0.477 e. The topological polar surface area (TPSA) is 103 Å². The van der Waals surface area contributed by atoms with Gasteiger partial charge in [0, 0.05) is 35.2 Å². The maximum atomic E-state index is 13.2. The molecule has 1 aliphatic rings. The van der Waals surface area contributed by atoms with E-state index in [-0.39, 0.29) is 12.0 Å². The Balaban J connectivity index is 1.51. The van der Waals surface area contributed by atoms with Crippen LogP contribution >= 0.6 is 11.3 Å². The molecule has 4 rings (SSSR count). The predicted molar refractivity (Wildman–Crippen MR) is 143 cm³/mol. The second-order valence-electron chi connectivity index (χ2n) is 11.6. The third-order valence-electron chi connectivity index (χ3n) is 5.78. The SMILES string of the molecule is Cc1ccc([C@H]2C[C@@H]2COc2cc(N(Cc3nnc(C(C)(C)C)s3)C(=O)OC(C)(C)C)nc(C)n2)nc1. The summed E-state index contributed by atoms with van der Waals surface area (Å²) in [6.45, 7) is 16.3. The molecule has 3 aromatic rings. The Labute approximate surface area is 222 Å². The van der Waals surface area contributed by atoms with Gasteiger partial charge in [0.05, 0.1) is 13.2 Å². The van der Waals surface area contributed by atoms with Crippen molar-refractivity contribution >= 4 is 23.2 Å². The van der Waals surface area contributed by atoms with Gasteiger partial charge in [-0.3, -0.25) is 9.88 Å². The molecule has 198 valence electrons. The van der Waals surface area contributed by atoms with Gasteiger partial charge in [0.1, 0.15) is 27.3 Å². The lowest BCUT2D eigenvalue weighted by molar-refractivity contribution is 0.0576. The van der Waals surface area contributed by atoms with E-state index in [0.29, 0.717) is 41.0 Å². The summed E-state index contributed by atoms with van der Waals surface area (Å²) in [5.41, 5.74) is 1.45. The van der Waals surface area contributed by atoms with Gasteiger partial charge in [0.2, 0.25) is 5.88 Å². The molecule has 2 atom stereocenters. The first kappa shape index (κ1) is 26.9. The Morgan fingerprint density at radius 3 is 2.49 bits per heavy atom. The number of ether oxygens (including phenoxy) is 2. The Morgan fingerprint density at radius 1 is 1.11 bits per heavy atom. The number of nitrogens with zero attached hydrogens (tertiary/aromatic N) is 6. The number of carbonyl (C=O) groups excluding carboxylic acids is 1. The smallest absolute Gasteiger partial charge is 0.416 e. The number of anilines is 1. The first-order chi connectivity index (χ1) is 17.3. The third kappa shape index (κ3) is 7.21. The molecule has 3 heterocycles. The van der Waals surface area contributed by atoms with Gasteiger partial charge in [0.25, 0.3) is 0 Å². The van der Waals surface area contributed by atoms with Crippen LogP contribution in [0, 0.1) is 19.8 Å². The largest absolute Gasteiger partial charge is 0.477 e. The van der Waals surface area contributed by atoms with E-state index in [1.807, 2.05) is 33.9 Å². The molecule has 3 aromatic heterocycles. The first-order valence-electron chi connectivity index (χ1n) is 12.5. The van der Waals surface area contributed by atoms with Crippen molar-refractivity contribution in [2.75, 3.05) is 11.5 Å². The van der Waals surface area contributed by atoms with Crippen LogP contribution in [0.5, 0.6) is 5.88 Å². The summed E-state index contributed by atoms with van der Waals surface area (Å²) in [6.07, 6.45) is 2.42. The van der Waals surface area contributed by atoms with Crippen LogP contribution in [0.1, 0.15) is 81.0 Å². The van der Waals surface area contributed by atoms with Crippen LogP contribution in [-0.4, -0.2) is 43.5 Å². The van der Waals surface area contributed by atoms with Crippen LogP contribution in [0.25, 0.3) is 0 Å². The highest BCUT2D eigenvalue weighted by Crippen LogP contribution is 2.46. The average molecular weight is 525 g/mol. The van der Waals surface area contributed by atoms with Gasteiger partial charge in [-0.1, -0.05) is 38.2 Å². The Kier molecular flexibility index (Phi) is 7.50. The lowest BCUT2D eigenvalue weighted by Gasteiger charge is -2.26. The van der Waals surface area contributed by atoms with E-state index >= 15 is 0 Å². The molecular weight excluding hydrogens is 488 g/mol. The number of hydrogen-bond donors (Lipinski definition) is 0. The van der Waals surface area contributed by atoms with E-state index < -0.39 is 11.7 Å². The van der Waals surface area contributed by atoms with Crippen LogP contribution in [-0.2, 0) is 16.7 Å². The van der Waals surface area contributed by atoms with Gasteiger partial charge in [-0.05, 0) is 52.7 Å². The summed E-state index contributed by atoms with van der Waals surface area (Å²) in [4.78, 5) is 28.2. The molecule has 1 saturated carbocycles. The maximum Gasteiger partial charge on any atom is 0.416 e. The number of carbonyl (C=O) groups is 1. The first-order valence-corrected chi connectivity index (χ1v) is 13.3. The van der Waals surface area contributed by atoms with E-state index in [0.717, 1.165) is 22.7 Å². The van der Waals surface area contributed by atoms with Crippen molar-refractivity contribution in [1.29, 1.82) is 0 Å². The molecule has 9 nitrogen and oxygen atoms in total. The highest BCUT2D eigenvalue weighted by atomic mass is 32.1. The molecular formula is C27H36N6O3S. The number of rotatable bonds is 7. The Morgan fingerprint density at radius 2 is 1.86 bits per heavy atom. The van der Waals surface area contributed by atoms with Crippen molar-refractivity contribution in [3.63, 3.8) is 0 Å². The minimum atomic E-state index is -0.667. The predicted octanol–water partition coefficient (Wildman–Crippen LogP) is 5.76. The van der Waals surface area contributed by atoms with E-state index in [1.165, 1.54) is 16.2 Å². The minimum absolute atomic E-state index is 0.131. The van der Waals surface area contributed by atoms with Crippen LogP contribution in [0.2, 0.25) is 0 Å². The zero-order chi connectivity index (χ0) is 27.0. The van der Waals surface area contributed by atoms with E-state index in [4.69, 9.17) is 9.47 Å². The van der Waals surface area contributed by atoms with E-state index in [9.17, 15) is 4.79 Å². The highest BCUT2D eigenvalue weighted by Gasteiger charge is 2.40. The molecule has 37 heavy (non-hydrogen) atoms. The van der Waals surface area contributed by atoms with E-state index in [2.05, 4.69) is 58.1 Å². The fraction of sp³-hybridized carbons (Fsp3) is 0.556. The van der Waals surface area contributed by atoms with Gasteiger partial charge in [-0.25, -0.2) is 9.78 Å². The molecule has 1 amide bonds. The van der Waals surface area contributed by atoms with Crippen LogP contribution < -0.4 is 9.64 Å². The van der Waals surface area contributed by atoms with Crippen molar-refractivity contribution in [2.45, 2.75) is 85.3 Å². The summed E-state index contributed by atoms with van der Waals surface area (Å²) in [7, 11) is 0. The van der Waals surface area contributed by atoms with Crippen molar-refractivity contribution in [3.8, 4) is 5.88 Å². The maximum absolute atomic E-state index is 13.2. The quantitative estimate of drug-likeness (QED) is 0.384. The van der Waals surface area contributed by atoms with Crippen molar-refractivity contribution in [1.82, 2.24) is 25.1 Å². The van der Waals surface area contributed by atoms with Crippen molar-refractivity contribution in [3.05, 3.63) is 51.5 Å². The molecule has 0 saturated heterocycles. The molecule has 0 bridgehead atoms. The van der Waals surface area contributed by atoms with Crippen LogP contribution in [0.3, 0.4) is 0 Å². The van der Waals surface area contributed by atoms with Crippen molar-refractivity contribution in [2.24, 2.45) is 5.92 Å². The second kappa shape index (κ2) is 10.3. The fourth-order valence-corrected chi connectivity index (χ4v) is 4.62. The monoisotopic (exact) mass is 524 g/mol. The molecule has 0 aliphatic heterocycles. The molecule has 1 fully saturated rings. The normalized spacial score (nSPS) is 17.4. The number of pyridine rings is 1. The summed E-state index contributed by atoms with van der Waals surface area (Å²) in [6, 6.07) is 5.86. The molecule has 10 heteroatoms. The fourth-order valence-electron chi connectivity index (χ4n) is 3.73. The molecule has 0 N–H and O–H groups in total. The average Bonchev–Trinajstić information content (AvgIpc) is 3.39. The third-order valence-corrected chi connectivity index (χ3v) is 7.11. The van der Waals surface area contributed by atoms with Crippen LogP contribution in [0.4, 0.5) is 10.6 Å². The lowest BCUT2D eigenvalue weighted by Crippen LogP contribution is -2.37. The number of aromatic nitrogens is 5. The molecule has 0 aromatic carbocycles. The Bertz CT molecular complexity index is 1250. The molecule has 0 spiro atoms. The summed E-state index contributed by atoms with van der Waals surface area (Å²) in [5.74, 6) is 2.10. The standard InChI is InChI=1S/C27H36N6O3S/c1-16-9-10-20(28-13-16)19-11-18(19)15-35-22-12-21(29-17(2)30-22)33(25(34)36-27(6,7)8)14-23-31-32-24(37-23)26(3,4)5/h9-10,12-13,18-19H,11,14-15H2,1-8H3/t18-,19+/m1/s1. The number of amides is 1. The molecule has 0 radical (unpaired) electrons. The van der Waals surface area contributed by atoms with Gasteiger partial charge in [0.15, 0.2) is 0 Å². The van der Waals surface area contributed by atoms with Gasteiger partial charge < -0.3 is 9.47 Å². The Hall–Kier alpha value is -3.14. The van der Waals surface area contributed by atoms with Gasteiger partial charge in [-0.15, -0.1) is 10.2 Å². The van der Waals surface area contributed by atoms with Crippen LogP contribution in [0.15, 0.2) is 24.4 Å². The zero-order valence-electron chi connectivity index (χ0n) is 22.9. The molecule has 0 unspecified atom stereocenters. The van der Waals surface area contributed by atoms with Gasteiger partial charge in [-0.2, -0.15) is 4.98 Å². The summed E-state index contributed by atoms with van der Waals surface area (Å²) in [5, 5.41) is 10.2. The van der Waals surface area contributed by atoms with Gasteiger partial charge >= 0.3 is 6.09 Å².